The van der Waals surface area contributed by atoms with Crippen LogP contribution in [-0.2, 0) is 0 Å². The van der Waals surface area contributed by atoms with Crippen molar-refractivity contribution in [3.05, 3.63) is 40.0 Å². The minimum absolute atomic E-state index is 0.109. The van der Waals surface area contributed by atoms with Gasteiger partial charge in [-0.2, -0.15) is 0 Å². The molecule has 12 heavy (non-hydrogen) atoms. The summed E-state index contributed by atoms with van der Waals surface area (Å²) >= 11 is 9.44. The molecular formula is C9H7BrClN. The number of alkyl halides is 1. The third kappa shape index (κ3) is 1.37. The highest BCUT2D eigenvalue weighted by atomic mass is 79.9. The van der Waals surface area contributed by atoms with Crippen molar-refractivity contribution in [1.29, 1.82) is 0 Å². The summed E-state index contributed by atoms with van der Waals surface area (Å²) in [4.78, 5) is 0. The van der Waals surface area contributed by atoms with Gasteiger partial charge in [-0.25, -0.2) is 0 Å². The van der Waals surface area contributed by atoms with Crippen molar-refractivity contribution in [2.24, 2.45) is 0 Å². The Hall–Kier alpha value is -0.470. The number of fused-ring (bicyclic) bond motifs is 1. The molecule has 1 aliphatic rings. The van der Waals surface area contributed by atoms with Crippen molar-refractivity contribution in [2.75, 3.05) is 0 Å². The molecule has 0 saturated heterocycles. The lowest BCUT2D eigenvalue weighted by molar-refractivity contribution is 0.821. The molecule has 2 rings (SSSR count). The molecule has 0 fully saturated rings. The first-order valence-electron chi connectivity index (χ1n) is 3.63. The van der Waals surface area contributed by atoms with Gasteiger partial charge in [-0.3, -0.25) is 0 Å². The summed E-state index contributed by atoms with van der Waals surface area (Å²) in [6, 6.07) is 6.09. The van der Waals surface area contributed by atoms with E-state index in [1.165, 1.54) is 5.56 Å². The quantitative estimate of drug-likeness (QED) is 0.546. The molecule has 1 heterocycles. The van der Waals surface area contributed by atoms with Gasteiger partial charge in [-0.1, -0.05) is 33.6 Å². The average molecular weight is 245 g/mol. The first-order valence-corrected chi connectivity index (χ1v) is 4.86. The normalized spacial score (nSPS) is 20.0. The minimum atomic E-state index is -0.109. The van der Waals surface area contributed by atoms with Gasteiger partial charge in [-0.15, -0.1) is 0 Å². The maximum Gasteiger partial charge on any atom is 0.127 e. The summed E-state index contributed by atoms with van der Waals surface area (Å²) in [6.07, 6.45) is 3.88. The van der Waals surface area contributed by atoms with Gasteiger partial charge in [0, 0.05) is 4.47 Å². The summed E-state index contributed by atoms with van der Waals surface area (Å²) in [6.45, 7) is 0. The topological polar surface area (TPSA) is 12.0 Å². The SMILES string of the molecule is ClC1NC=Cc2ccc(Br)cc21. The Morgan fingerprint density at radius 3 is 3.08 bits per heavy atom. The molecule has 1 aromatic carbocycles. The molecule has 0 spiro atoms. The van der Waals surface area contributed by atoms with E-state index < -0.39 is 0 Å². The van der Waals surface area contributed by atoms with Gasteiger partial charge in [0.15, 0.2) is 0 Å². The van der Waals surface area contributed by atoms with Crippen molar-refractivity contribution in [3.8, 4) is 0 Å². The van der Waals surface area contributed by atoms with E-state index in [2.05, 4.69) is 21.2 Å². The molecule has 0 bridgehead atoms. The van der Waals surface area contributed by atoms with Crippen LogP contribution in [0.25, 0.3) is 6.08 Å². The van der Waals surface area contributed by atoms with E-state index in [0.717, 1.165) is 10.0 Å². The number of hydrogen-bond donors (Lipinski definition) is 1. The van der Waals surface area contributed by atoms with Gasteiger partial charge in [0.2, 0.25) is 0 Å². The molecule has 0 aromatic heterocycles. The molecule has 62 valence electrons. The third-order valence-electron chi connectivity index (χ3n) is 1.83. The van der Waals surface area contributed by atoms with Crippen LogP contribution in [0.4, 0.5) is 0 Å². The maximum atomic E-state index is 6.04. The van der Waals surface area contributed by atoms with Gasteiger partial charge in [0.25, 0.3) is 0 Å². The molecule has 1 nitrogen and oxygen atoms in total. The molecule has 1 aliphatic heterocycles. The summed E-state index contributed by atoms with van der Waals surface area (Å²) in [7, 11) is 0. The molecule has 3 heteroatoms. The number of hydrogen-bond acceptors (Lipinski definition) is 1. The van der Waals surface area contributed by atoms with E-state index in [1.54, 1.807) is 0 Å². The van der Waals surface area contributed by atoms with Crippen molar-refractivity contribution in [2.45, 2.75) is 5.50 Å². The van der Waals surface area contributed by atoms with Crippen LogP contribution in [-0.4, -0.2) is 0 Å². The van der Waals surface area contributed by atoms with Crippen LogP contribution in [0.3, 0.4) is 0 Å². The van der Waals surface area contributed by atoms with Crippen molar-refractivity contribution < 1.29 is 0 Å². The van der Waals surface area contributed by atoms with E-state index in [0.29, 0.717) is 0 Å². The Balaban J connectivity index is 2.56. The van der Waals surface area contributed by atoms with E-state index in [4.69, 9.17) is 11.6 Å². The Morgan fingerprint density at radius 2 is 2.25 bits per heavy atom. The zero-order valence-electron chi connectivity index (χ0n) is 6.22. The summed E-state index contributed by atoms with van der Waals surface area (Å²) in [5, 5.41) is 3.03. The summed E-state index contributed by atoms with van der Waals surface area (Å²) < 4.78 is 1.06. The Bertz CT molecular complexity index is 335. The lowest BCUT2D eigenvalue weighted by Gasteiger charge is -2.17. The van der Waals surface area contributed by atoms with Crippen LogP contribution in [0.1, 0.15) is 16.6 Å². The fourth-order valence-electron chi connectivity index (χ4n) is 1.23. The van der Waals surface area contributed by atoms with Crippen LogP contribution < -0.4 is 5.32 Å². The highest BCUT2D eigenvalue weighted by Gasteiger charge is 2.12. The van der Waals surface area contributed by atoms with Gasteiger partial charge in [0.05, 0.1) is 0 Å². The Kier molecular flexibility index (Phi) is 2.11. The second kappa shape index (κ2) is 3.11. The molecule has 1 unspecified atom stereocenters. The molecular weight excluding hydrogens is 237 g/mol. The van der Waals surface area contributed by atoms with E-state index in [1.807, 2.05) is 30.5 Å². The fourth-order valence-corrected chi connectivity index (χ4v) is 1.87. The first-order chi connectivity index (χ1) is 5.77. The van der Waals surface area contributed by atoms with Gasteiger partial charge in [-0.05, 0) is 35.5 Å². The molecule has 1 aromatic rings. The number of benzene rings is 1. The Morgan fingerprint density at radius 1 is 1.42 bits per heavy atom. The minimum Gasteiger partial charge on any atom is -0.372 e. The van der Waals surface area contributed by atoms with Crippen LogP contribution in [0, 0.1) is 0 Å². The average Bonchev–Trinajstić information content (AvgIpc) is 2.07. The monoisotopic (exact) mass is 243 g/mol. The molecule has 0 amide bonds. The van der Waals surface area contributed by atoms with Crippen LogP contribution >= 0.6 is 27.5 Å². The maximum absolute atomic E-state index is 6.04. The standard InChI is InChI=1S/C9H7BrClN/c10-7-2-1-6-3-4-12-9(11)8(6)5-7/h1-5,9,12H. The molecule has 0 saturated carbocycles. The molecule has 1 N–H and O–H groups in total. The lowest BCUT2D eigenvalue weighted by atomic mass is 10.1. The number of nitrogens with one attached hydrogen (secondary N) is 1. The predicted octanol–water partition coefficient (Wildman–Crippen LogP) is 3.26. The first kappa shape index (κ1) is 8.14. The summed E-state index contributed by atoms with van der Waals surface area (Å²) in [5.74, 6) is 0. The molecule has 0 aliphatic carbocycles. The second-order valence-electron chi connectivity index (χ2n) is 2.64. The fraction of sp³-hybridized carbons (Fsp3) is 0.111. The summed E-state index contributed by atoms with van der Waals surface area (Å²) in [5.41, 5.74) is 2.19. The third-order valence-corrected chi connectivity index (χ3v) is 2.68. The molecule has 1 atom stereocenters. The zero-order chi connectivity index (χ0) is 8.55. The number of halogens is 2. The largest absolute Gasteiger partial charge is 0.372 e. The van der Waals surface area contributed by atoms with Crippen molar-refractivity contribution in [1.82, 2.24) is 5.32 Å². The van der Waals surface area contributed by atoms with Crippen LogP contribution in [0.15, 0.2) is 28.9 Å². The molecule has 0 radical (unpaired) electrons. The number of rotatable bonds is 0. The Labute approximate surface area is 84.6 Å². The van der Waals surface area contributed by atoms with Gasteiger partial charge >= 0.3 is 0 Å². The van der Waals surface area contributed by atoms with Crippen molar-refractivity contribution >= 4 is 33.6 Å². The highest BCUT2D eigenvalue weighted by Crippen LogP contribution is 2.28. The van der Waals surface area contributed by atoms with Crippen LogP contribution in [0.5, 0.6) is 0 Å². The van der Waals surface area contributed by atoms with Gasteiger partial charge < -0.3 is 5.32 Å². The predicted molar refractivity (Wildman–Crippen MR) is 54.9 cm³/mol. The highest BCUT2D eigenvalue weighted by molar-refractivity contribution is 9.10. The van der Waals surface area contributed by atoms with Crippen LogP contribution in [0.2, 0.25) is 0 Å². The van der Waals surface area contributed by atoms with E-state index >= 15 is 0 Å². The smallest absolute Gasteiger partial charge is 0.127 e. The van der Waals surface area contributed by atoms with E-state index in [9.17, 15) is 0 Å². The lowest BCUT2D eigenvalue weighted by Crippen LogP contribution is -2.13. The van der Waals surface area contributed by atoms with Gasteiger partial charge in [0.1, 0.15) is 5.50 Å². The zero-order valence-corrected chi connectivity index (χ0v) is 8.56. The van der Waals surface area contributed by atoms with E-state index in [-0.39, 0.29) is 5.50 Å². The van der Waals surface area contributed by atoms with Crippen molar-refractivity contribution in [3.63, 3.8) is 0 Å². The second-order valence-corrected chi connectivity index (χ2v) is 3.99.